The molecular weight excluding hydrogens is 316 g/mol. The van der Waals surface area contributed by atoms with Gasteiger partial charge in [-0.05, 0) is 43.0 Å². The zero-order chi connectivity index (χ0) is 18.5. The molecule has 0 unspecified atom stereocenters. The summed E-state index contributed by atoms with van der Waals surface area (Å²) in [5.41, 5.74) is 11.8. The third-order valence-electron chi connectivity index (χ3n) is 4.47. The molecule has 0 fully saturated rings. The zero-order valence-electron chi connectivity index (χ0n) is 15.8. The molecule has 3 aromatic carbocycles. The lowest BCUT2D eigenvalue weighted by atomic mass is 9.90. The van der Waals surface area contributed by atoms with E-state index in [1.54, 1.807) is 7.11 Å². The minimum atomic E-state index is 0.740. The van der Waals surface area contributed by atoms with Crippen molar-refractivity contribution in [3.05, 3.63) is 112 Å². The average molecular weight is 340 g/mol. The van der Waals surface area contributed by atoms with Crippen LogP contribution >= 0.6 is 0 Å². The maximum Gasteiger partial charge on any atom is 0.169 e. The molecule has 0 spiro atoms. The van der Waals surface area contributed by atoms with Crippen molar-refractivity contribution in [3.63, 3.8) is 0 Å². The lowest BCUT2D eigenvalue weighted by Crippen LogP contribution is -1.97. The van der Waals surface area contributed by atoms with E-state index in [-0.39, 0.29) is 0 Å². The average Bonchev–Trinajstić information content (AvgIpc) is 2.65. The third-order valence-corrected chi connectivity index (χ3v) is 4.47. The van der Waals surface area contributed by atoms with Crippen LogP contribution in [0.1, 0.15) is 33.4 Å². The summed E-state index contributed by atoms with van der Waals surface area (Å²) in [6.45, 7) is 6.46. The Balaban J connectivity index is 2.35. The summed E-state index contributed by atoms with van der Waals surface area (Å²) in [7, 11) is 1.70. The second-order valence-electron chi connectivity index (χ2n) is 6.54. The third kappa shape index (κ3) is 3.79. The Bertz CT molecular complexity index is 937. The van der Waals surface area contributed by atoms with E-state index in [0.717, 1.165) is 22.5 Å². The van der Waals surface area contributed by atoms with Gasteiger partial charge in [0.2, 0.25) is 0 Å². The fourth-order valence-electron chi connectivity index (χ4n) is 3.40. The Morgan fingerprint density at radius 2 is 1.23 bits per heavy atom. The molecule has 0 aliphatic heterocycles. The highest BCUT2D eigenvalue weighted by atomic mass is 16.5. The molecule has 0 aromatic heterocycles. The van der Waals surface area contributed by atoms with Gasteiger partial charge in [0.1, 0.15) is 0 Å². The fourth-order valence-corrected chi connectivity index (χ4v) is 3.40. The van der Waals surface area contributed by atoms with Gasteiger partial charge in [-0.15, -0.1) is 0 Å². The quantitative estimate of drug-likeness (QED) is 0.398. The molecule has 26 heavy (non-hydrogen) atoms. The van der Waals surface area contributed by atoms with Gasteiger partial charge in [0.15, 0.2) is 5.76 Å². The second kappa shape index (κ2) is 7.91. The molecule has 0 aliphatic rings. The largest absolute Gasteiger partial charge is 0.489 e. The molecule has 0 aliphatic carbocycles. The van der Waals surface area contributed by atoms with Crippen LogP contribution in [-0.4, -0.2) is 7.11 Å². The van der Waals surface area contributed by atoms with E-state index in [4.69, 9.17) is 4.74 Å². The standard InChI is InChI=1S/C25H24O/c1-18-15-19(2)25(20(3)16-18)23(21-11-7-5-8-12-21)17-24(26-4)22-13-9-6-10-14-22/h5-16H,1-4H3. The van der Waals surface area contributed by atoms with Gasteiger partial charge >= 0.3 is 0 Å². The van der Waals surface area contributed by atoms with Gasteiger partial charge in [-0.2, -0.15) is 0 Å². The lowest BCUT2D eigenvalue weighted by Gasteiger charge is -2.14. The molecule has 1 heteroatoms. The molecule has 3 rings (SSSR count). The number of hydrogen-bond acceptors (Lipinski definition) is 1. The van der Waals surface area contributed by atoms with Gasteiger partial charge in [0.05, 0.1) is 7.11 Å². The van der Waals surface area contributed by atoms with E-state index >= 15 is 0 Å². The maximum absolute atomic E-state index is 5.70. The predicted octanol–water partition coefficient (Wildman–Crippen LogP) is 6.33. The van der Waals surface area contributed by atoms with E-state index in [0.29, 0.717) is 0 Å². The first-order chi connectivity index (χ1) is 12.6. The number of rotatable bonds is 4. The summed E-state index contributed by atoms with van der Waals surface area (Å²) in [5.74, 6) is 0.740. The second-order valence-corrected chi connectivity index (χ2v) is 6.54. The van der Waals surface area contributed by atoms with Gasteiger partial charge in [-0.1, -0.05) is 84.1 Å². The van der Waals surface area contributed by atoms with Crippen LogP contribution in [0.2, 0.25) is 0 Å². The Kier molecular flexibility index (Phi) is 5.41. The smallest absolute Gasteiger partial charge is 0.169 e. The van der Waals surface area contributed by atoms with Crippen LogP contribution in [-0.2, 0) is 4.74 Å². The topological polar surface area (TPSA) is 9.23 Å². The molecule has 0 heterocycles. The van der Waals surface area contributed by atoms with E-state index in [2.05, 4.69) is 62.9 Å². The van der Waals surface area contributed by atoms with Gasteiger partial charge in [-0.3, -0.25) is 0 Å². The summed E-state index contributed by atoms with van der Waals surface area (Å²) in [6, 6.07) is 25.0. The molecule has 0 radical (unpaired) electrons. The summed E-state index contributed by atoms with van der Waals surface area (Å²) in [5, 5.41) is 0. The Hall–Kier alpha value is -3.02. The van der Waals surface area contributed by atoms with Crippen molar-refractivity contribution >= 4 is 11.3 Å². The first-order valence-electron chi connectivity index (χ1n) is 8.84. The van der Waals surface area contributed by atoms with Crippen LogP contribution in [0.4, 0.5) is 0 Å². The van der Waals surface area contributed by atoms with Gasteiger partial charge in [-0.25, -0.2) is 0 Å². The number of hydrogen-bond donors (Lipinski definition) is 0. The van der Waals surface area contributed by atoms with Crippen molar-refractivity contribution in [1.29, 1.82) is 0 Å². The van der Waals surface area contributed by atoms with Crippen molar-refractivity contribution < 1.29 is 4.74 Å². The lowest BCUT2D eigenvalue weighted by molar-refractivity contribution is 0.371. The minimum absolute atomic E-state index is 0.740. The van der Waals surface area contributed by atoms with E-state index in [9.17, 15) is 0 Å². The molecule has 0 saturated carbocycles. The van der Waals surface area contributed by atoms with Crippen molar-refractivity contribution in [2.45, 2.75) is 20.8 Å². The summed E-state index contributed by atoms with van der Waals surface area (Å²) >= 11 is 0. The SMILES string of the molecule is COC(=C=C(c1ccccc1)c1c(C)cc(C)cc1C)c1ccccc1. The Labute approximate surface area is 156 Å². The fraction of sp³-hybridized carbons (Fsp3) is 0.160. The van der Waals surface area contributed by atoms with E-state index in [1.165, 1.54) is 22.3 Å². The van der Waals surface area contributed by atoms with Crippen molar-refractivity contribution in [2.24, 2.45) is 0 Å². The highest BCUT2D eigenvalue weighted by Crippen LogP contribution is 2.30. The van der Waals surface area contributed by atoms with Gasteiger partial charge < -0.3 is 4.74 Å². The van der Waals surface area contributed by atoms with Crippen molar-refractivity contribution in [1.82, 2.24) is 0 Å². The normalized spacial score (nSPS) is 10.2. The number of benzene rings is 3. The number of ether oxygens (including phenoxy) is 1. The first-order valence-corrected chi connectivity index (χ1v) is 8.84. The van der Waals surface area contributed by atoms with Crippen LogP contribution < -0.4 is 0 Å². The highest BCUT2D eigenvalue weighted by Gasteiger charge is 2.12. The molecule has 0 N–H and O–H groups in total. The predicted molar refractivity (Wildman–Crippen MR) is 110 cm³/mol. The first kappa shape index (κ1) is 17.8. The zero-order valence-corrected chi connectivity index (χ0v) is 15.8. The van der Waals surface area contributed by atoms with Crippen LogP contribution in [0.15, 0.2) is 78.5 Å². The summed E-state index contributed by atoms with van der Waals surface area (Å²) in [4.78, 5) is 0. The van der Waals surface area contributed by atoms with Crippen LogP contribution in [0.25, 0.3) is 11.3 Å². The van der Waals surface area contributed by atoms with Crippen LogP contribution in [0.5, 0.6) is 0 Å². The van der Waals surface area contributed by atoms with E-state index < -0.39 is 0 Å². The molecule has 3 aromatic rings. The van der Waals surface area contributed by atoms with Gasteiger partial charge in [0.25, 0.3) is 0 Å². The molecule has 0 amide bonds. The minimum Gasteiger partial charge on any atom is -0.489 e. The van der Waals surface area contributed by atoms with Crippen molar-refractivity contribution in [2.75, 3.05) is 7.11 Å². The molecule has 1 nitrogen and oxygen atoms in total. The number of aryl methyl sites for hydroxylation is 3. The molecule has 0 atom stereocenters. The highest BCUT2D eigenvalue weighted by molar-refractivity contribution is 5.85. The monoisotopic (exact) mass is 340 g/mol. The molecule has 130 valence electrons. The summed E-state index contributed by atoms with van der Waals surface area (Å²) in [6.07, 6.45) is 0. The molecule has 0 saturated heterocycles. The van der Waals surface area contributed by atoms with Crippen molar-refractivity contribution in [3.8, 4) is 0 Å². The Morgan fingerprint density at radius 1 is 0.731 bits per heavy atom. The molecule has 0 bridgehead atoms. The van der Waals surface area contributed by atoms with E-state index in [1.807, 2.05) is 36.4 Å². The van der Waals surface area contributed by atoms with Crippen LogP contribution in [0.3, 0.4) is 0 Å². The maximum atomic E-state index is 5.70. The Morgan fingerprint density at radius 3 is 1.73 bits per heavy atom. The summed E-state index contributed by atoms with van der Waals surface area (Å²) < 4.78 is 5.70. The number of methoxy groups -OCH3 is 1. The van der Waals surface area contributed by atoms with Crippen LogP contribution in [0, 0.1) is 20.8 Å². The molecular formula is C25H24O. The van der Waals surface area contributed by atoms with Gasteiger partial charge in [0, 0.05) is 11.1 Å².